The van der Waals surface area contributed by atoms with E-state index < -0.39 is 0 Å². The summed E-state index contributed by atoms with van der Waals surface area (Å²) in [6.45, 7) is 3.38. The lowest BCUT2D eigenvalue weighted by molar-refractivity contribution is -0.123. The van der Waals surface area contributed by atoms with Gasteiger partial charge in [0.2, 0.25) is 0 Å². The topological polar surface area (TPSA) is 56.1 Å². The number of imidazole rings is 1. The second-order valence-corrected chi connectivity index (χ2v) is 5.71. The van der Waals surface area contributed by atoms with E-state index in [4.69, 9.17) is 4.74 Å². The summed E-state index contributed by atoms with van der Waals surface area (Å²) in [4.78, 5) is 16.2. The number of carbonyl (C=O) groups excluding carboxylic acids is 1. The third-order valence-corrected chi connectivity index (χ3v) is 3.72. The highest BCUT2D eigenvalue weighted by Crippen LogP contribution is 2.38. The van der Waals surface area contributed by atoms with E-state index in [-0.39, 0.29) is 12.5 Å². The third kappa shape index (κ3) is 3.87. The summed E-state index contributed by atoms with van der Waals surface area (Å²) in [5, 5.41) is 2.88. The molecule has 1 heterocycles. The number of aryl methyl sites for hydroxylation is 1. The predicted octanol–water partition coefficient (Wildman–Crippen LogP) is 2.26. The number of benzene rings is 1. The number of aromatic nitrogens is 2. The maximum Gasteiger partial charge on any atom is 0.258 e. The average molecular weight is 299 g/mol. The van der Waals surface area contributed by atoms with Crippen molar-refractivity contribution in [3.05, 3.63) is 48.0 Å². The maximum absolute atomic E-state index is 11.8. The Kier molecular flexibility index (Phi) is 4.42. The van der Waals surface area contributed by atoms with Crippen molar-refractivity contribution in [2.24, 2.45) is 0 Å². The van der Waals surface area contributed by atoms with Gasteiger partial charge in [0.25, 0.3) is 5.91 Å². The van der Waals surface area contributed by atoms with Gasteiger partial charge < -0.3 is 14.6 Å². The van der Waals surface area contributed by atoms with E-state index >= 15 is 0 Å². The van der Waals surface area contributed by atoms with Crippen LogP contribution in [0, 0.1) is 6.92 Å². The van der Waals surface area contributed by atoms with Crippen LogP contribution in [0.5, 0.6) is 5.75 Å². The second kappa shape index (κ2) is 6.64. The smallest absolute Gasteiger partial charge is 0.258 e. The summed E-state index contributed by atoms with van der Waals surface area (Å²) in [5.41, 5.74) is 1.12. The van der Waals surface area contributed by atoms with Gasteiger partial charge in [0.1, 0.15) is 11.6 Å². The van der Waals surface area contributed by atoms with Gasteiger partial charge in [-0.3, -0.25) is 4.79 Å². The molecule has 0 unspecified atom stereocenters. The van der Waals surface area contributed by atoms with Crippen LogP contribution < -0.4 is 10.1 Å². The van der Waals surface area contributed by atoms with E-state index in [1.165, 1.54) is 12.8 Å². The summed E-state index contributed by atoms with van der Waals surface area (Å²) >= 11 is 0. The van der Waals surface area contributed by atoms with Crippen LogP contribution in [-0.2, 0) is 11.3 Å². The lowest BCUT2D eigenvalue weighted by Crippen LogP contribution is -2.31. The molecule has 22 heavy (non-hydrogen) atoms. The fourth-order valence-electron chi connectivity index (χ4n) is 2.43. The first-order chi connectivity index (χ1) is 10.7. The van der Waals surface area contributed by atoms with Gasteiger partial charge in [-0.25, -0.2) is 4.98 Å². The molecule has 1 aliphatic carbocycles. The Balaban J connectivity index is 1.40. The van der Waals surface area contributed by atoms with Crippen LogP contribution >= 0.6 is 0 Å². The van der Waals surface area contributed by atoms with Crippen LogP contribution in [0.25, 0.3) is 0 Å². The number of carbonyl (C=O) groups is 1. The molecule has 1 amide bonds. The number of nitrogens with one attached hydrogen (secondary N) is 1. The van der Waals surface area contributed by atoms with Gasteiger partial charge in [0.15, 0.2) is 6.61 Å². The monoisotopic (exact) mass is 299 g/mol. The van der Waals surface area contributed by atoms with Crippen LogP contribution in [0.1, 0.15) is 30.1 Å². The van der Waals surface area contributed by atoms with E-state index in [1.54, 1.807) is 0 Å². The Hall–Kier alpha value is -2.30. The van der Waals surface area contributed by atoms with Crippen LogP contribution in [0.15, 0.2) is 36.7 Å². The largest absolute Gasteiger partial charge is 0.484 e. The van der Waals surface area contributed by atoms with Gasteiger partial charge in [-0.05, 0) is 37.5 Å². The average Bonchev–Trinajstić information content (AvgIpc) is 3.25. The van der Waals surface area contributed by atoms with E-state index in [0.29, 0.717) is 12.5 Å². The second-order valence-electron chi connectivity index (χ2n) is 5.71. The van der Waals surface area contributed by atoms with Crippen molar-refractivity contribution < 1.29 is 9.53 Å². The van der Waals surface area contributed by atoms with E-state index in [2.05, 4.69) is 14.9 Å². The highest BCUT2D eigenvalue weighted by molar-refractivity contribution is 5.77. The predicted molar refractivity (Wildman–Crippen MR) is 83.9 cm³/mol. The Bertz CT molecular complexity index is 647. The molecule has 0 atom stereocenters. The van der Waals surface area contributed by atoms with Crippen LogP contribution in [0.3, 0.4) is 0 Å². The van der Waals surface area contributed by atoms with Crippen molar-refractivity contribution in [1.82, 2.24) is 14.9 Å². The molecule has 1 saturated carbocycles. The summed E-state index contributed by atoms with van der Waals surface area (Å²) in [6, 6.07) is 7.69. The molecule has 2 aromatic rings. The van der Waals surface area contributed by atoms with Crippen molar-refractivity contribution in [2.75, 3.05) is 13.2 Å². The SMILES string of the molecule is Cc1cccc(OCC(=O)NCCn2ccnc2C2CC2)c1. The van der Waals surface area contributed by atoms with E-state index in [1.807, 2.05) is 43.6 Å². The number of hydrogen-bond donors (Lipinski definition) is 1. The van der Waals surface area contributed by atoms with Crippen LogP contribution in [0.2, 0.25) is 0 Å². The molecular formula is C17H21N3O2. The summed E-state index contributed by atoms with van der Waals surface area (Å²) in [6.07, 6.45) is 6.26. The molecule has 1 N–H and O–H groups in total. The Morgan fingerprint density at radius 1 is 1.45 bits per heavy atom. The van der Waals surface area contributed by atoms with Gasteiger partial charge in [-0.1, -0.05) is 12.1 Å². The minimum atomic E-state index is -0.102. The van der Waals surface area contributed by atoms with Gasteiger partial charge in [-0.2, -0.15) is 0 Å². The highest BCUT2D eigenvalue weighted by Gasteiger charge is 2.27. The molecule has 1 fully saturated rings. The molecule has 5 nitrogen and oxygen atoms in total. The molecule has 0 bridgehead atoms. The third-order valence-electron chi connectivity index (χ3n) is 3.72. The van der Waals surface area contributed by atoms with Crippen molar-refractivity contribution in [3.63, 3.8) is 0 Å². The van der Waals surface area contributed by atoms with Gasteiger partial charge >= 0.3 is 0 Å². The first-order valence-corrected chi connectivity index (χ1v) is 7.69. The van der Waals surface area contributed by atoms with E-state index in [0.717, 1.165) is 23.7 Å². The fraction of sp³-hybridized carbons (Fsp3) is 0.412. The maximum atomic E-state index is 11.8. The molecular weight excluding hydrogens is 278 g/mol. The van der Waals surface area contributed by atoms with Crippen molar-refractivity contribution in [3.8, 4) is 5.75 Å². The zero-order valence-electron chi connectivity index (χ0n) is 12.8. The van der Waals surface area contributed by atoms with Crippen LogP contribution in [-0.4, -0.2) is 28.6 Å². The molecule has 5 heteroatoms. The quantitative estimate of drug-likeness (QED) is 0.853. The normalized spacial score (nSPS) is 13.9. The molecule has 116 valence electrons. The molecule has 1 aliphatic rings. The van der Waals surface area contributed by atoms with Gasteiger partial charge in [0.05, 0.1) is 0 Å². The van der Waals surface area contributed by atoms with Gasteiger partial charge in [0, 0.05) is 31.4 Å². The first kappa shape index (κ1) is 14.6. The minimum absolute atomic E-state index is 0.0445. The Labute approximate surface area is 130 Å². The van der Waals surface area contributed by atoms with Crippen LogP contribution in [0.4, 0.5) is 0 Å². The Morgan fingerprint density at radius 2 is 2.32 bits per heavy atom. The Morgan fingerprint density at radius 3 is 3.09 bits per heavy atom. The highest BCUT2D eigenvalue weighted by atomic mass is 16.5. The molecule has 0 spiro atoms. The zero-order chi connectivity index (χ0) is 15.4. The standard InChI is InChI=1S/C17H21N3O2/c1-13-3-2-4-15(11-13)22-12-16(21)18-7-9-20-10-8-19-17(20)14-5-6-14/h2-4,8,10-11,14H,5-7,9,12H2,1H3,(H,18,21). The fourth-order valence-corrected chi connectivity index (χ4v) is 2.43. The summed E-state index contributed by atoms with van der Waals surface area (Å²) < 4.78 is 7.60. The number of amides is 1. The zero-order valence-corrected chi connectivity index (χ0v) is 12.8. The number of nitrogens with zero attached hydrogens (tertiary/aromatic N) is 2. The molecule has 1 aromatic carbocycles. The molecule has 0 aliphatic heterocycles. The molecule has 1 aromatic heterocycles. The minimum Gasteiger partial charge on any atom is -0.484 e. The number of ether oxygens (including phenoxy) is 1. The van der Waals surface area contributed by atoms with Crippen molar-refractivity contribution in [1.29, 1.82) is 0 Å². The number of rotatable bonds is 7. The van der Waals surface area contributed by atoms with Crippen molar-refractivity contribution >= 4 is 5.91 Å². The van der Waals surface area contributed by atoms with E-state index in [9.17, 15) is 4.79 Å². The summed E-state index contributed by atoms with van der Waals surface area (Å²) in [5.74, 6) is 2.39. The lowest BCUT2D eigenvalue weighted by atomic mass is 10.2. The summed E-state index contributed by atoms with van der Waals surface area (Å²) in [7, 11) is 0. The first-order valence-electron chi connectivity index (χ1n) is 7.69. The number of hydrogen-bond acceptors (Lipinski definition) is 3. The van der Waals surface area contributed by atoms with Gasteiger partial charge in [-0.15, -0.1) is 0 Å². The lowest BCUT2D eigenvalue weighted by Gasteiger charge is -2.10. The molecule has 0 saturated heterocycles. The molecule has 3 rings (SSSR count). The molecule has 0 radical (unpaired) electrons. The van der Waals surface area contributed by atoms with Crippen molar-refractivity contribution in [2.45, 2.75) is 32.2 Å².